The normalized spacial score (nSPS) is 30.1. The molecule has 1 fully saturated rings. The Morgan fingerprint density at radius 1 is 1.17 bits per heavy atom. The molecular formula is C14H18O10. The summed E-state index contributed by atoms with van der Waals surface area (Å²) in [4.78, 5) is 12.1. The van der Waals surface area contributed by atoms with Crippen LogP contribution >= 0.6 is 0 Å². The summed E-state index contributed by atoms with van der Waals surface area (Å²) in [5.41, 5.74) is -0.330. The van der Waals surface area contributed by atoms with Gasteiger partial charge in [0.15, 0.2) is 29.6 Å². The summed E-state index contributed by atoms with van der Waals surface area (Å²) in [6, 6.07) is 1.68. The van der Waals surface area contributed by atoms with Crippen LogP contribution in [0.25, 0.3) is 0 Å². The molecule has 0 aliphatic carbocycles. The number of hydrogen-bond acceptors (Lipinski definition) is 10. The fourth-order valence-electron chi connectivity index (χ4n) is 2.30. The maximum absolute atomic E-state index is 12.1. The van der Waals surface area contributed by atoms with Crippen molar-refractivity contribution in [2.75, 3.05) is 13.7 Å². The smallest absolute Gasteiger partial charge is 0.338 e. The van der Waals surface area contributed by atoms with E-state index in [0.717, 1.165) is 12.1 Å². The molecule has 1 aromatic carbocycles. The molecule has 0 bridgehead atoms. The van der Waals surface area contributed by atoms with Crippen LogP contribution in [0.5, 0.6) is 17.2 Å². The molecule has 10 nitrogen and oxygen atoms in total. The second-order valence-electron chi connectivity index (χ2n) is 5.18. The van der Waals surface area contributed by atoms with Crippen LogP contribution < -0.4 is 0 Å². The monoisotopic (exact) mass is 346 g/mol. The Morgan fingerprint density at radius 2 is 1.75 bits per heavy atom. The number of rotatable bonds is 4. The van der Waals surface area contributed by atoms with E-state index in [0.29, 0.717) is 0 Å². The van der Waals surface area contributed by atoms with Gasteiger partial charge < -0.3 is 44.8 Å². The number of benzene rings is 1. The van der Waals surface area contributed by atoms with Gasteiger partial charge >= 0.3 is 5.97 Å². The maximum atomic E-state index is 12.1. The van der Waals surface area contributed by atoms with E-state index in [9.17, 15) is 35.4 Å². The third-order valence-electron chi connectivity index (χ3n) is 3.60. The van der Waals surface area contributed by atoms with E-state index in [1.54, 1.807) is 0 Å². The predicted octanol–water partition coefficient (Wildman–Crippen LogP) is -1.59. The molecule has 5 atom stereocenters. The van der Waals surface area contributed by atoms with Gasteiger partial charge in [-0.25, -0.2) is 4.79 Å². The van der Waals surface area contributed by atoms with Gasteiger partial charge in [0, 0.05) is 7.11 Å². The summed E-state index contributed by atoms with van der Waals surface area (Å²) in [7, 11) is 1.22. The van der Waals surface area contributed by atoms with E-state index in [1.165, 1.54) is 7.11 Å². The number of aliphatic hydroxyl groups excluding tert-OH is 3. The fourth-order valence-corrected chi connectivity index (χ4v) is 2.30. The minimum Gasteiger partial charge on any atom is -0.504 e. The van der Waals surface area contributed by atoms with E-state index < -0.39 is 60.5 Å². The average molecular weight is 346 g/mol. The van der Waals surface area contributed by atoms with Crippen molar-refractivity contribution in [1.29, 1.82) is 0 Å². The number of phenols is 3. The van der Waals surface area contributed by atoms with Crippen LogP contribution in [0.3, 0.4) is 0 Å². The first-order chi connectivity index (χ1) is 11.3. The van der Waals surface area contributed by atoms with Crippen LogP contribution in [0.15, 0.2) is 12.1 Å². The number of methoxy groups -OCH3 is 1. The summed E-state index contributed by atoms with van der Waals surface area (Å²) >= 11 is 0. The largest absolute Gasteiger partial charge is 0.504 e. The van der Waals surface area contributed by atoms with Crippen molar-refractivity contribution in [2.24, 2.45) is 0 Å². The molecule has 0 amide bonds. The Labute approximate surface area is 136 Å². The molecule has 10 heteroatoms. The second kappa shape index (κ2) is 7.20. The number of carbonyl (C=O) groups is 1. The first-order valence-electron chi connectivity index (χ1n) is 6.91. The SMILES string of the molecule is COC1O[C@H](CO)[C@@H](O)[C@H](OC(=O)c2cc(O)c(O)c(O)c2)[C@H]1O. The van der Waals surface area contributed by atoms with E-state index >= 15 is 0 Å². The van der Waals surface area contributed by atoms with Gasteiger partial charge in [0.1, 0.15) is 18.3 Å². The zero-order valence-electron chi connectivity index (χ0n) is 12.6. The van der Waals surface area contributed by atoms with Crippen LogP contribution in [0.1, 0.15) is 10.4 Å². The summed E-state index contributed by atoms with van der Waals surface area (Å²) in [6.07, 6.45) is -6.98. The van der Waals surface area contributed by atoms with E-state index in [4.69, 9.17) is 14.2 Å². The highest BCUT2D eigenvalue weighted by Gasteiger charge is 2.47. The zero-order valence-corrected chi connectivity index (χ0v) is 12.6. The minimum absolute atomic E-state index is 0.330. The molecule has 0 saturated carbocycles. The lowest BCUT2D eigenvalue weighted by Crippen LogP contribution is -2.60. The number of aliphatic hydroxyl groups is 3. The lowest BCUT2D eigenvalue weighted by atomic mass is 9.99. The Hall–Kier alpha value is -2.11. The lowest BCUT2D eigenvalue weighted by molar-refractivity contribution is -0.293. The van der Waals surface area contributed by atoms with Gasteiger partial charge in [-0.05, 0) is 12.1 Å². The Kier molecular flexibility index (Phi) is 5.47. The summed E-state index contributed by atoms with van der Waals surface area (Å²) < 4.78 is 15.0. The van der Waals surface area contributed by atoms with Crippen molar-refractivity contribution >= 4 is 5.97 Å². The molecule has 0 spiro atoms. The Bertz CT molecular complexity index is 564. The van der Waals surface area contributed by atoms with Gasteiger partial charge in [-0.1, -0.05) is 0 Å². The quantitative estimate of drug-likeness (QED) is 0.276. The summed E-state index contributed by atoms with van der Waals surface area (Å²) in [5, 5.41) is 57.4. The molecule has 1 unspecified atom stereocenters. The van der Waals surface area contributed by atoms with Gasteiger partial charge in [0.25, 0.3) is 0 Å². The lowest BCUT2D eigenvalue weighted by Gasteiger charge is -2.40. The molecule has 0 aromatic heterocycles. The van der Waals surface area contributed by atoms with Crippen LogP contribution in [-0.2, 0) is 14.2 Å². The van der Waals surface area contributed by atoms with E-state index in [1.807, 2.05) is 0 Å². The molecule has 1 aromatic rings. The molecule has 134 valence electrons. The van der Waals surface area contributed by atoms with E-state index in [-0.39, 0.29) is 5.56 Å². The first-order valence-corrected chi connectivity index (χ1v) is 6.91. The predicted molar refractivity (Wildman–Crippen MR) is 75.4 cm³/mol. The molecule has 2 rings (SSSR count). The van der Waals surface area contributed by atoms with Crippen molar-refractivity contribution < 1.29 is 49.6 Å². The maximum Gasteiger partial charge on any atom is 0.338 e. The number of ether oxygens (including phenoxy) is 3. The molecular weight excluding hydrogens is 328 g/mol. The van der Waals surface area contributed by atoms with Crippen LogP contribution in [0.2, 0.25) is 0 Å². The van der Waals surface area contributed by atoms with Crippen molar-refractivity contribution in [3.8, 4) is 17.2 Å². The van der Waals surface area contributed by atoms with Gasteiger partial charge in [-0.3, -0.25) is 0 Å². The number of esters is 1. The molecule has 0 radical (unpaired) electrons. The highest BCUT2D eigenvalue weighted by Crippen LogP contribution is 2.36. The van der Waals surface area contributed by atoms with Crippen LogP contribution in [0.4, 0.5) is 0 Å². The van der Waals surface area contributed by atoms with Crippen molar-refractivity contribution in [3.05, 3.63) is 17.7 Å². The Morgan fingerprint density at radius 3 is 2.25 bits per heavy atom. The van der Waals surface area contributed by atoms with Crippen LogP contribution in [-0.4, -0.2) is 81.0 Å². The first kappa shape index (κ1) is 18.2. The number of phenolic OH excluding ortho intramolecular Hbond substituents is 3. The average Bonchev–Trinajstić information content (AvgIpc) is 2.56. The fraction of sp³-hybridized carbons (Fsp3) is 0.500. The molecule has 1 aliphatic rings. The molecule has 24 heavy (non-hydrogen) atoms. The summed E-state index contributed by atoms with van der Waals surface area (Å²) in [6.45, 7) is -0.609. The number of aromatic hydroxyl groups is 3. The Balaban J connectivity index is 2.22. The highest BCUT2D eigenvalue weighted by atomic mass is 16.7. The third-order valence-corrected chi connectivity index (χ3v) is 3.60. The molecule has 1 aliphatic heterocycles. The van der Waals surface area contributed by atoms with Gasteiger partial charge in [-0.15, -0.1) is 0 Å². The van der Waals surface area contributed by atoms with Gasteiger partial charge in [0.05, 0.1) is 12.2 Å². The van der Waals surface area contributed by atoms with Gasteiger partial charge in [-0.2, -0.15) is 0 Å². The molecule has 6 N–H and O–H groups in total. The number of hydrogen-bond donors (Lipinski definition) is 6. The van der Waals surface area contributed by atoms with Crippen molar-refractivity contribution in [3.63, 3.8) is 0 Å². The third kappa shape index (κ3) is 3.37. The van der Waals surface area contributed by atoms with Crippen molar-refractivity contribution in [1.82, 2.24) is 0 Å². The molecule has 1 heterocycles. The number of carbonyl (C=O) groups excluding carboxylic acids is 1. The summed E-state index contributed by atoms with van der Waals surface area (Å²) in [5.74, 6) is -3.41. The highest BCUT2D eigenvalue weighted by molar-refractivity contribution is 5.91. The van der Waals surface area contributed by atoms with Crippen molar-refractivity contribution in [2.45, 2.75) is 30.7 Å². The zero-order chi connectivity index (χ0) is 18.0. The topological polar surface area (TPSA) is 166 Å². The van der Waals surface area contributed by atoms with Gasteiger partial charge in [0.2, 0.25) is 0 Å². The minimum atomic E-state index is -1.55. The van der Waals surface area contributed by atoms with E-state index in [2.05, 4.69) is 0 Å². The molecule has 1 saturated heterocycles. The van der Waals surface area contributed by atoms with Crippen LogP contribution in [0, 0.1) is 0 Å². The second-order valence-corrected chi connectivity index (χ2v) is 5.18. The standard InChI is InChI=1S/C14H18O10/c1-22-14-11(20)12(10(19)8(4-15)23-14)24-13(21)5-2-6(16)9(18)7(17)3-5/h2-3,8,10-12,14-20H,4H2,1H3/t8-,10-,11-,12+,14?/m1/s1.